The van der Waals surface area contributed by atoms with Gasteiger partial charge in [0.2, 0.25) is 10.0 Å². The Morgan fingerprint density at radius 1 is 1.14 bits per heavy atom. The first-order chi connectivity index (χ1) is 17.0. The number of hydrogen-bond donors (Lipinski definition) is 1. The zero-order valence-corrected chi connectivity index (χ0v) is 21.9. The van der Waals surface area contributed by atoms with Gasteiger partial charge in [0.05, 0.1) is 29.1 Å². The van der Waals surface area contributed by atoms with Crippen molar-refractivity contribution in [2.24, 2.45) is 0 Å². The molecule has 1 aromatic carbocycles. The third-order valence-electron chi connectivity index (χ3n) is 6.23. The maximum atomic E-state index is 13.2. The minimum Gasteiger partial charge on any atom is -0.466 e. The second-order valence-electron chi connectivity index (χ2n) is 8.79. The first-order valence-electron chi connectivity index (χ1n) is 11.5. The Balaban J connectivity index is 1.45. The maximum Gasteiger partial charge on any atom is 0.306 e. The van der Waals surface area contributed by atoms with Crippen molar-refractivity contribution >= 4 is 42.9 Å². The second kappa shape index (κ2) is 10.1. The molecule has 0 saturated heterocycles. The topological polar surface area (TPSA) is 141 Å². The predicted octanol–water partition coefficient (Wildman–Crippen LogP) is 1.82. The van der Waals surface area contributed by atoms with E-state index in [9.17, 15) is 21.6 Å². The van der Waals surface area contributed by atoms with Gasteiger partial charge in [-0.2, -0.15) is 0 Å². The van der Waals surface area contributed by atoms with Gasteiger partial charge in [-0.05, 0) is 44.9 Å². The average Bonchev–Trinajstić information content (AvgIpc) is 3.25. The van der Waals surface area contributed by atoms with Crippen LogP contribution in [0.25, 0.3) is 11.0 Å². The van der Waals surface area contributed by atoms with Crippen molar-refractivity contribution < 1.29 is 26.4 Å². The molecule has 0 bridgehead atoms. The molecular weight excluding hydrogens is 506 g/mol. The van der Waals surface area contributed by atoms with Crippen LogP contribution in [0.15, 0.2) is 47.8 Å². The Bertz CT molecular complexity index is 1460. The molecule has 1 fully saturated rings. The van der Waals surface area contributed by atoms with Crippen molar-refractivity contribution in [1.29, 1.82) is 0 Å². The van der Waals surface area contributed by atoms with Crippen LogP contribution in [0.5, 0.6) is 0 Å². The lowest BCUT2D eigenvalue weighted by Gasteiger charge is -2.41. The number of nitrogens with one attached hydrogen (secondary N) is 1. The number of rotatable bonds is 10. The number of hydrogen-bond acceptors (Lipinski definition) is 9. The quantitative estimate of drug-likeness (QED) is 0.385. The number of anilines is 1. The van der Waals surface area contributed by atoms with Crippen LogP contribution in [0.4, 0.5) is 5.82 Å². The summed E-state index contributed by atoms with van der Waals surface area (Å²) in [6.07, 6.45) is 3.68. The van der Waals surface area contributed by atoms with Crippen molar-refractivity contribution in [3.8, 4) is 0 Å². The first kappa shape index (κ1) is 26.0. The van der Waals surface area contributed by atoms with Gasteiger partial charge in [0, 0.05) is 25.3 Å². The van der Waals surface area contributed by atoms with Crippen molar-refractivity contribution in [2.75, 3.05) is 24.3 Å². The molecule has 0 aliphatic heterocycles. The van der Waals surface area contributed by atoms with E-state index in [2.05, 4.69) is 14.7 Å². The third-order valence-corrected chi connectivity index (χ3v) is 9.34. The molecule has 2 aromatic heterocycles. The molecule has 3 aromatic rings. The van der Waals surface area contributed by atoms with E-state index in [1.165, 1.54) is 12.5 Å². The molecule has 0 radical (unpaired) electrons. The van der Waals surface area contributed by atoms with Crippen LogP contribution < -0.4 is 9.62 Å². The van der Waals surface area contributed by atoms with E-state index in [-0.39, 0.29) is 41.4 Å². The number of sulfonamides is 1. The lowest BCUT2D eigenvalue weighted by Crippen LogP contribution is -2.53. The molecule has 0 spiro atoms. The molecule has 1 aliphatic carbocycles. The Labute approximate surface area is 210 Å². The minimum atomic E-state index is -3.84. The fourth-order valence-corrected chi connectivity index (χ4v) is 6.71. The molecule has 194 valence electrons. The fraction of sp³-hybridized carbons (Fsp3) is 0.435. The summed E-state index contributed by atoms with van der Waals surface area (Å²) in [6, 6.07) is 8.02. The van der Waals surface area contributed by atoms with Gasteiger partial charge in [0.15, 0.2) is 5.65 Å². The van der Waals surface area contributed by atoms with Crippen molar-refractivity contribution in [2.45, 2.75) is 50.1 Å². The molecule has 0 unspecified atom stereocenters. The number of esters is 1. The number of fused-ring (bicyclic) bond motifs is 1. The highest BCUT2D eigenvalue weighted by atomic mass is 32.2. The average molecular weight is 536 g/mol. The number of aryl methyl sites for hydroxylation is 1. The molecule has 4 rings (SSSR count). The van der Waals surface area contributed by atoms with Gasteiger partial charge in [0.25, 0.3) is 10.0 Å². The van der Waals surface area contributed by atoms with Crippen LogP contribution in [0.2, 0.25) is 0 Å². The lowest BCUT2D eigenvalue weighted by atomic mass is 9.86. The minimum absolute atomic E-state index is 0.00193. The summed E-state index contributed by atoms with van der Waals surface area (Å²) in [5.41, 5.74) is 1.22. The van der Waals surface area contributed by atoms with E-state index in [1.807, 2.05) is 18.9 Å². The number of carbonyl (C=O) groups is 1. The summed E-state index contributed by atoms with van der Waals surface area (Å²) >= 11 is 0. The molecule has 1 saturated carbocycles. The van der Waals surface area contributed by atoms with Gasteiger partial charge in [-0.3, -0.25) is 4.79 Å². The molecule has 1 N–H and O–H groups in total. The smallest absolute Gasteiger partial charge is 0.306 e. The number of carbonyl (C=O) groups excluding carboxylic acids is 1. The highest BCUT2D eigenvalue weighted by Gasteiger charge is 2.36. The molecule has 2 heterocycles. The van der Waals surface area contributed by atoms with Crippen LogP contribution >= 0.6 is 0 Å². The van der Waals surface area contributed by atoms with E-state index in [0.29, 0.717) is 24.0 Å². The van der Waals surface area contributed by atoms with E-state index < -0.39 is 26.0 Å². The van der Waals surface area contributed by atoms with Crippen molar-refractivity contribution in [3.05, 3.63) is 48.4 Å². The Hall–Kier alpha value is -3.03. The SMILES string of the molecule is CCOC(=O)CCS(=O)(=O)N[C@H]1C[C@@H](N(C)c2ncnc3c2ccn3S(=O)(=O)c2ccc(C)cc2)C1. The zero-order chi connectivity index (χ0) is 26.1. The number of aromatic nitrogens is 3. The molecular formula is C23H29N5O6S2. The number of ether oxygens (including phenoxy) is 1. The maximum absolute atomic E-state index is 13.2. The van der Waals surface area contributed by atoms with Crippen molar-refractivity contribution in [1.82, 2.24) is 18.7 Å². The summed E-state index contributed by atoms with van der Waals surface area (Å²) in [4.78, 5) is 22.1. The standard InChI is InChI=1S/C23H29N5O6S2/c1-4-34-21(29)10-12-35(30,31)26-17-13-18(14-17)27(3)22-20-9-11-28(23(20)25-15-24-22)36(32,33)19-7-5-16(2)6-8-19/h5-9,11,15,17-18,26H,4,10,12-14H2,1-3H3/t17-,18+. The number of benzene rings is 1. The van der Waals surface area contributed by atoms with E-state index >= 15 is 0 Å². The van der Waals surface area contributed by atoms with E-state index in [4.69, 9.17) is 4.74 Å². The number of nitrogens with zero attached hydrogens (tertiary/aromatic N) is 4. The fourth-order valence-electron chi connectivity index (χ4n) is 4.15. The Kier molecular flexibility index (Phi) is 7.34. The zero-order valence-electron chi connectivity index (χ0n) is 20.3. The summed E-state index contributed by atoms with van der Waals surface area (Å²) < 4.78 is 59.5. The second-order valence-corrected chi connectivity index (χ2v) is 12.5. The van der Waals surface area contributed by atoms with Crippen LogP contribution in [-0.4, -0.2) is 68.2 Å². The van der Waals surface area contributed by atoms with Gasteiger partial charge < -0.3 is 9.64 Å². The largest absolute Gasteiger partial charge is 0.466 e. The highest BCUT2D eigenvalue weighted by molar-refractivity contribution is 7.90. The van der Waals surface area contributed by atoms with Gasteiger partial charge in [0.1, 0.15) is 12.1 Å². The molecule has 1 aliphatic rings. The Morgan fingerprint density at radius 3 is 2.50 bits per heavy atom. The third kappa shape index (κ3) is 5.37. The molecule has 11 nitrogen and oxygen atoms in total. The summed E-state index contributed by atoms with van der Waals surface area (Å²) in [6.45, 7) is 3.76. The monoisotopic (exact) mass is 535 g/mol. The molecule has 0 amide bonds. The van der Waals surface area contributed by atoms with Crippen molar-refractivity contribution in [3.63, 3.8) is 0 Å². The summed E-state index contributed by atoms with van der Waals surface area (Å²) in [7, 11) is -5.61. The summed E-state index contributed by atoms with van der Waals surface area (Å²) in [5.74, 6) is -0.303. The van der Waals surface area contributed by atoms with E-state index in [0.717, 1.165) is 9.54 Å². The normalized spacial score (nSPS) is 18.1. The van der Waals surface area contributed by atoms with Gasteiger partial charge >= 0.3 is 5.97 Å². The summed E-state index contributed by atoms with van der Waals surface area (Å²) in [5, 5.41) is 0.578. The van der Waals surface area contributed by atoms with Crippen LogP contribution in [-0.2, 0) is 29.6 Å². The van der Waals surface area contributed by atoms with Crippen LogP contribution in [0.1, 0.15) is 31.7 Å². The molecule has 0 atom stereocenters. The van der Waals surface area contributed by atoms with Gasteiger partial charge in [-0.1, -0.05) is 17.7 Å². The molecule has 13 heteroatoms. The Morgan fingerprint density at radius 2 is 1.83 bits per heavy atom. The lowest BCUT2D eigenvalue weighted by molar-refractivity contribution is -0.142. The van der Waals surface area contributed by atoms with Crippen LogP contribution in [0, 0.1) is 6.92 Å². The van der Waals surface area contributed by atoms with E-state index in [1.54, 1.807) is 37.3 Å². The van der Waals surface area contributed by atoms with Gasteiger partial charge in [-0.15, -0.1) is 0 Å². The predicted molar refractivity (Wildman–Crippen MR) is 135 cm³/mol. The van der Waals surface area contributed by atoms with Crippen LogP contribution in [0.3, 0.4) is 0 Å². The van der Waals surface area contributed by atoms with Gasteiger partial charge in [-0.25, -0.2) is 35.5 Å². The first-order valence-corrected chi connectivity index (χ1v) is 14.6. The molecule has 36 heavy (non-hydrogen) atoms. The highest BCUT2D eigenvalue weighted by Crippen LogP contribution is 2.33.